The number of fused-ring (bicyclic) bond motifs is 1. The molecular weight excluding hydrogens is 156 g/mol. The van der Waals surface area contributed by atoms with Crippen LogP contribution in [-0.2, 0) is 6.61 Å². The number of aliphatic hydroxyl groups is 1. The molecule has 0 saturated carbocycles. The summed E-state index contributed by atoms with van der Waals surface area (Å²) in [5, 5.41) is 13.0. The molecule has 0 aliphatic carbocycles. The minimum atomic E-state index is -0.0638. The quantitative estimate of drug-likeness (QED) is 0.640. The molecule has 62 valence electrons. The van der Waals surface area contributed by atoms with Crippen molar-refractivity contribution in [3.8, 4) is 0 Å². The summed E-state index contributed by atoms with van der Waals surface area (Å²) in [6.45, 7) is 1.76. The zero-order valence-electron chi connectivity index (χ0n) is 6.60. The Hall–Kier alpha value is -1.49. The van der Waals surface area contributed by atoms with Gasteiger partial charge in [0.1, 0.15) is 0 Å². The molecule has 0 unspecified atom stereocenters. The van der Waals surface area contributed by atoms with E-state index in [-0.39, 0.29) is 6.61 Å². The molecule has 1 N–H and O–H groups in total. The van der Waals surface area contributed by atoms with Gasteiger partial charge in [0.15, 0.2) is 0 Å². The Kier molecular flexibility index (Phi) is 1.51. The molecule has 12 heavy (non-hydrogen) atoms. The van der Waals surface area contributed by atoms with Gasteiger partial charge in [0.25, 0.3) is 5.78 Å². The second kappa shape index (κ2) is 2.53. The molecule has 0 bridgehead atoms. The van der Waals surface area contributed by atoms with E-state index < -0.39 is 0 Å². The van der Waals surface area contributed by atoms with Gasteiger partial charge >= 0.3 is 0 Å². The van der Waals surface area contributed by atoms with Crippen LogP contribution in [0.2, 0.25) is 0 Å². The van der Waals surface area contributed by atoms with Crippen molar-refractivity contribution < 1.29 is 5.11 Å². The van der Waals surface area contributed by atoms with Gasteiger partial charge in [-0.3, -0.25) is 0 Å². The van der Waals surface area contributed by atoms with Crippen LogP contribution in [0.3, 0.4) is 0 Å². The molecule has 0 aliphatic rings. The smallest absolute Gasteiger partial charge is 0.251 e. The van der Waals surface area contributed by atoms with Crippen molar-refractivity contribution in [3.05, 3.63) is 23.8 Å². The molecule has 5 nitrogen and oxygen atoms in total. The fourth-order valence-electron chi connectivity index (χ4n) is 1.12. The third-order valence-electron chi connectivity index (χ3n) is 1.72. The maximum Gasteiger partial charge on any atom is 0.251 e. The molecule has 0 aliphatic heterocycles. The Morgan fingerprint density at radius 3 is 3.08 bits per heavy atom. The van der Waals surface area contributed by atoms with E-state index in [0.29, 0.717) is 11.5 Å². The molecular formula is C7H8N4O. The maximum atomic E-state index is 8.98. The summed E-state index contributed by atoms with van der Waals surface area (Å²) in [6, 6.07) is 0. The van der Waals surface area contributed by atoms with Crippen molar-refractivity contribution in [1.82, 2.24) is 19.6 Å². The molecule has 0 fully saturated rings. The fraction of sp³-hybridized carbons (Fsp3) is 0.286. The third-order valence-corrected chi connectivity index (χ3v) is 1.72. The van der Waals surface area contributed by atoms with Gasteiger partial charge in [-0.2, -0.15) is 9.61 Å². The predicted molar refractivity (Wildman–Crippen MR) is 41.4 cm³/mol. The minimum absolute atomic E-state index is 0.0638. The monoisotopic (exact) mass is 164 g/mol. The van der Waals surface area contributed by atoms with Crippen molar-refractivity contribution in [1.29, 1.82) is 0 Å². The Morgan fingerprint density at radius 2 is 2.33 bits per heavy atom. The van der Waals surface area contributed by atoms with Crippen molar-refractivity contribution in [2.45, 2.75) is 13.5 Å². The lowest BCUT2D eigenvalue weighted by Crippen LogP contribution is -1.98. The number of nitrogens with zero attached hydrogens (tertiary/aromatic N) is 4. The second-order valence-electron chi connectivity index (χ2n) is 2.46. The van der Waals surface area contributed by atoms with Crippen molar-refractivity contribution in [3.63, 3.8) is 0 Å². The van der Waals surface area contributed by atoms with E-state index in [1.165, 1.54) is 4.52 Å². The number of aryl methyl sites for hydroxylation is 1. The van der Waals surface area contributed by atoms with Crippen molar-refractivity contribution in [2.75, 3.05) is 0 Å². The second-order valence-corrected chi connectivity index (χ2v) is 2.46. The highest BCUT2D eigenvalue weighted by Gasteiger charge is 2.07. The van der Waals surface area contributed by atoms with E-state index in [4.69, 9.17) is 5.11 Å². The number of rotatable bonds is 1. The van der Waals surface area contributed by atoms with Gasteiger partial charge in [0, 0.05) is 0 Å². The zero-order valence-corrected chi connectivity index (χ0v) is 6.60. The Bertz CT molecular complexity index is 409. The fourth-order valence-corrected chi connectivity index (χ4v) is 1.12. The molecule has 2 rings (SSSR count). The van der Waals surface area contributed by atoms with Gasteiger partial charge in [-0.1, -0.05) is 0 Å². The van der Waals surface area contributed by atoms with Gasteiger partial charge < -0.3 is 5.11 Å². The standard InChI is InChI=1S/C7H8N4O/c1-5-6(4-12)11-7(10-5)8-2-3-9-11/h2-3,12H,4H2,1H3. The van der Waals surface area contributed by atoms with Gasteiger partial charge in [0.2, 0.25) is 0 Å². The molecule has 0 amide bonds. The highest BCUT2D eigenvalue weighted by Crippen LogP contribution is 2.06. The Labute approximate surface area is 68.7 Å². The van der Waals surface area contributed by atoms with E-state index in [1.807, 2.05) is 6.92 Å². The molecule has 5 heteroatoms. The average molecular weight is 164 g/mol. The highest BCUT2D eigenvalue weighted by atomic mass is 16.3. The van der Waals surface area contributed by atoms with Crippen molar-refractivity contribution in [2.24, 2.45) is 0 Å². The number of hydrogen-bond donors (Lipinski definition) is 1. The van der Waals surface area contributed by atoms with Crippen molar-refractivity contribution >= 4 is 5.78 Å². The number of imidazole rings is 1. The number of aliphatic hydroxyl groups excluding tert-OH is 1. The lowest BCUT2D eigenvalue weighted by atomic mass is 10.4. The first-order chi connectivity index (χ1) is 5.83. The summed E-state index contributed by atoms with van der Waals surface area (Å²) in [7, 11) is 0. The maximum absolute atomic E-state index is 8.98. The largest absolute Gasteiger partial charge is 0.390 e. The van der Waals surface area contributed by atoms with Gasteiger partial charge in [0.05, 0.1) is 30.4 Å². The Morgan fingerprint density at radius 1 is 1.50 bits per heavy atom. The molecule has 0 saturated heterocycles. The SMILES string of the molecule is Cc1nc2nccnn2c1CO. The van der Waals surface area contributed by atoms with Crippen LogP contribution in [-0.4, -0.2) is 24.7 Å². The molecule has 2 aromatic heterocycles. The first kappa shape index (κ1) is 7.17. The van der Waals surface area contributed by atoms with Crippen LogP contribution in [0.4, 0.5) is 0 Å². The molecule has 2 aromatic rings. The molecule has 0 atom stereocenters. The first-order valence-corrected chi connectivity index (χ1v) is 3.59. The topological polar surface area (TPSA) is 63.3 Å². The summed E-state index contributed by atoms with van der Waals surface area (Å²) >= 11 is 0. The van der Waals surface area contributed by atoms with Crippen LogP contribution in [0.15, 0.2) is 12.4 Å². The van der Waals surface area contributed by atoms with Gasteiger partial charge in [-0.15, -0.1) is 0 Å². The third kappa shape index (κ3) is 0.868. The van der Waals surface area contributed by atoms with E-state index in [9.17, 15) is 0 Å². The first-order valence-electron chi connectivity index (χ1n) is 3.59. The van der Waals surface area contributed by atoms with Gasteiger partial charge in [-0.25, -0.2) is 9.97 Å². The summed E-state index contributed by atoms with van der Waals surface area (Å²) in [5.74, 6) is 0.527. The lowest BCUT2D eigenvalue weighted by Gasteiger charge is -1.94. The van der Waals surface area contributed by atoms with E-state index in [0.717, 1.165) is 5.69 Å². The Balaban J connectivity index is 2.81. The van der Waals surface area contributed by atoms with Crippen LogP contribution >= 0.6 is 0 Å². The van der Waals surface area contributed by atoms with Crippen LogP contribution < -0.4 is 0 Å². The summed E-state index contributed by atoms with van der Waals surface area (Å²) < 4.78 is 1.54. The normalized spacial score (nSPS) is 10.8. The van der Waals surface area contributed by atoms with Crippen LogP contribution in [0.1, 0.15) is 11.4 Å². The predicted octanol–water partition coefficient (Wildman–Crippen LogP) is -0.0750. The van der Waals surface area contributed by atoms with Gasteiger partial charge in [-0.05, 0) is 6.92 Å². The molecule has 0 aromatic carbocycles. The number of aromatic nitrogens is 4. The lowest BCUT2D eigenvalue weighted by molar-refractivity contribution is 0.273. The van der Waals surface area contributed by atoms with E-state index in [1.54, 1.807) is 12.4 Å². The van der Waals surface area contributed by atoms with Crippen LogP contribution in [0, 0.1) is 6.92 Å². The number of hydrogen-bond acceptors (Lipinski definition) is 4. The molecule has 0 radical (unpaired) electrons. The summed E-state index contributed by atoms with van der Waals surface area (Å²) in [6.07, 6.45) is 3.14. The summed E-state index contributed by atoms with van der Waals surface area (Å²) in [4.78, 5) is 8.10. The molecule has 2 heterocycles. The zero-order chi connectivity index (χ0) is 8.55. The van der Waals surface area contributed by atoms with E-state index >= 15 is 0 Å². The average Bonchev–Trinajstić information content (AvgIpc) is 2.40. The highest BCUT2D eigenvalue weighted by molar-refractivity contribution is 5.32. The molecule has 0 spiro atoms. The summed E-state index contributed by atoms with van der Waals surface area (Å²) in [5.41, 5.74) is 1.46. The van der Waals surface area contributed by atoms with Crippen LogP contribution in [0.5, 0.6) is 0 Å². The van der Waals surface area contributed by atoms with E-state index in [2.05, 4.69) is 15.1 Å². The minimum Gasteiger partial charge on any atom is -0.390 e. The van der Waals surface area contributed by atoms with Crippen LogP contribution in [0.25, 0.3) is 5.78 Å².